The normalized spacial score (nSPS) is 14.9. The quantitative estimate of drug-likeness (QED) is 0.341. The molecule has 0 saturated heterocycles. The Morgan fingerprint density at radius 2 is 1.77 bits per heavy atom. The number of primary amides is 1. The zero-order chi connectivity index (χ0) is 17.4. The molecule has 0 heterocycles. The number of carbonyl (C=O) groups is 1. The van der Waals surface area contributed by atoms with Gasteiger partial charge in [-0.3, -0.25) is 9.35 Å². The van der Waals surface area contributed by atoms with E-state index < -0.39 is 16.0 Å². The van der Waals surface area contributed by atoms with Gasteiger partial charge in [0.2, 0.25) is 5.91 Å². The van der Waals surface area contributed by atoms with E-state index in [1.165, 1.54) is 0 Å². The van der Waals surface area contributed by atoms with Crippen LogP contribution >= 0.6 is 0 Å². The number of carbonyl (C=O) groups excluding carboxylic acids is 1. The summed E-state index contributed by atoms with van der Waals surface area (Å²) in [5.41, 5.74) is 5.80. The zero-order valence-electron chi connectivity index (χ0n) is 14.2. The molecule has 0 radical (unpaired) electrons. The van der Waals surface area contributed by atoms with Crippen molar-refractivity contribution < 1.29 is 22.2 Å². The number of nitrogens with zero attached hydrogens (tertiary/aromatic N) is 1. The lowest BCUT2D eigenvalue weighted by molar-refractivity contribution is -0.944. The Bertz CT molecular complexity index is 480. The molecule has 0 aromatic carbocycles. The van der Waals surface area contributed by atoms with Crippen LogP contribution in [-0.2, 0) is 14.9 Å². The van der Waals surface area contributed by atoms with Crippen LogP contribution < -0.4 is 5.73 Å². The van der Waals surface area contributed by atoms with Crippen molar-refractivity contribution in [1.82, 2.24) is 0 Å². The smallest absolute Gasteiger partial charge is 0.265 e. The summed E-state index contributed by atoms with van der Waals surface area (Å²) in [5, 5.41) is 0. The minimum Gasteiger partial charge on any atom is -0.366 e. The van der Waals surface area contributed by atoms with Crippen LogP contribution in [-0.4, -0.2) is 54.8 Å². The Morgan fingerprint density at radius 3 is 2.14 bits per heavy atom. The lowest BCUT2D eigenvalue weighted by atomic mass is 10.1. The predicted octanol–water partition coefficient (Wildman–Crippen LogP) is 1.72. The van der Waals surface area contributed by atoms with E-state index in [2.05, 4.69) is 13.8 Å². The van der Waals surface area contributed by atoms with Gasteiger partial charge in [0.15, 0.2) is 0 Å². The molecule has 1 atom stereocenters. The molecule has 0 saturated carbocycles. The van der Waals surface area contributed by atoms with Gasteiger partial charge in [-0.2, -0.15) is 8.42 Å². The molecule has 0 bridgehead atoms. The number of nitrogens with two attached hydrogens (primary N) is 1. The van der Waals surface area contributed by atoms with Crippen LogP contribution in [0.5, 0.6) is 0 Å². The fourth-order valence-corrected chi connectivity index (χ4v) is 3.46. The molecule has 0 rings (SSSR count). The summed E-state index contributed by atoms with van der Waals surface area (Å²) in [4.78, 5) is 11.2. The Balaban J connectivity index is 5.28. The molecule has 0 spiro atoms. The zero-order valence-corrected chi connectivity index (χ0v) is 15.0. The van der Waals surface area contributed by atoms with Crippen LogP contribution in [0.1, 0.15) is 47.0 Å². The maximum absolute atomic E-state index is 11.2. The van der Waals surface area contributed by atoms with E-state index in [0.717, 1.165) is 25.9 Å². The van der Waals surface area contributed by atoms with Gasteiger partial charge < -0.3 is 10.2 Å². The number of rotatable bonds is 11. The van der Waals surface area contributed by atoms with Gasteiger partial charge in [-0.05, 0) is 32.8 Å². The topological polar surface area (TPSA) is 97.5 Å². The van der Waals surface area contributed by atoms with Gasteiger partial charge in [-0.15, -0.1) is 0 Å². The van der Waals surface area contributed by atoms with Gasteiger partial charge in [0.05, 0.1) is 31.4 Å². The fraction of sp³-hybridized carbons (Fsp3) is 0.800. The molecule has 0 aromatic heterocycles. The van der Waals surface area contributed by atoms with Crippen LogP contribution in [0, 0.1) is 0 Å². The summed E-state index contributed by atoms with van der Waals surface area (Å²) in [6, 6.07) is 0.0683. The highest BCUT2D eigenvalue weighted by molar-refractivity contribution is 7.85. The van der Waals surface area contributed by atoms with Crippen molar-refractivity contribution in [3.63, 3.8) is 0 Å². The van der Waals surface area contributed by atoms with Gasteiger partial charge in [0.25, 0.3) is 10.1 Å². The first-order valence-corrected chi connectivity index (χ1v) is 9.46. The first-order chi connectivity index (χ1) is 10.1. The first-order valence-electron chi connectivity index (χ1n) is 7.85. The van der Waals surface area contributed by atoms with Gasteiger partial charge >= 0.3 is 0 Å². The lowest BCUT2D eigenvalue weighted by Crippen LogP contribution is -2.56. The summed E-state index contributed by atoms with van der Waals surface area (Å²) in [6.45, 7) is 10.3. The lowest BCUT2D eigenvalue weighted by Gasteiger charge is -2.43. The third-order valence-electron chi connectivity index (χ3n) is 4.22. The Labute approximate surface area is 134 Å². The number of quaternary nitrogens is 1. The third-order valence-corrected chi connectivity index (χ3v) is 4.97. The second kappa shape index (κ2) is 9.27. The highest BCUT2D eigenvalue weighted by Crippen LogP contribution is 2.20. The highest BCUT2D eigenvalue weighted by Gasteiger charge is 2.32. The summed E-state index contributed by atoms with van der Waals surface area (Å²) >= 11 is 0. The average Bonchev–Trinajstić information content (AvgIpc) is 2.41. The molecular formula is C15H31N2O4S+. The Hall–Kier alpha value is -0.920. The van der Waals surface area contributed by atoms with Gasteiger partial charge in [0.1, 0.15) is 0 Å². The van der Waals surface area contributed by atoms with E-state index in [4.69, 9.17) is 10.3 Å². The molecule has 0 fully saturated rings. The minimum absolute atomic E-state index is 0.0683. The van der Waals surface area contributed by atoms with E-state index in [1.54, 1.807) is 6.92 Å². The number of hydrogen-bond donors (Lipinski definition) is 2. The van der Waals surface area contributed by atoms with Crippen molar-refractivity contribution >= 4 is 16.0 Å². The fourth-order valence-electron chi connectivity index (χ4n) is 2.82. The van der Waals surface area contributed by atoms with E-state index in [1.807, 2.05) is 13.0 Å². The van der Waals surface area contributed by atoms with Gasteiger partial charge in [-0.25, -0.2) is 0 Å². The number of amides is 1. The second-order valence-electron chi connectivity index (χ2n) is 6.02. The first kappa shape index (κ1) is 21.1. The SMILES string of the molecule is CCC[N+](CC=C(C)C(N)=O)(CCC)C(C)CCS(=O)(=O)O. The molecule has 0 aromatic rings. The molecule has 1 unspecified atom stereocenters. The van der Waals surface area contributed by atoms with Crippen molar-refractivity contribution in [3.05, 3.63) is 11.6 Å². The molecular weight excluding hydrogens is 304 g/mol. The third kappa shape index (κ3) is 7.38. The van der Waals surface area contributed by atoms with Crippen molar-refractivity contribution in [3.8, 4) is 0 Å². The van der Waals surface area contributed by atoms with Crippen molar-refractivity contribution in [2.24, 2.45) is 5.73 Å². The van der Waals surface area contributed by atoms with Crippen LogP contribution in [0.3, 0.4) is 0 Å². The molecule has 7 heteroatoms. The summed E-state index contributed by atoms with van der Waals surface area (Å²) in [5.74, 6) is -0.670. The second-order valence-corrected chi connectivity index (χ2v) is 7.60. The summed E-state index contributed by atoms with van der Waals surface area (Å²) < 4.78 is 31.7. The van der Waals surface area contributed by atoms with Crippen molar-refractivity contribution in [2.45, 2.75) is 53.0 Å². The average molecular weight is 335 g/mol. The van der Waals surface area contributed by atoms with Gasteiger partial charge in [0, 0.05) is 12.0 Å². The van der Waals surface area contributed by atoms with Gasteiger partial charge in [-0.1, -0.05) is 13.8 Å². The van der Waals surface area contributed by atoms with E-state index in [0.29, 0.717) is 23.0 Å². The van der Waals surface area contributed by atoms with E-state index >= 15 is 0 Å². The molecule has 0 aliphatic heterocycles. The summed E-state index contributed by atoms with van der Waals surface area (Å²) in [6.07, 6.45) is 4.15. The maximum Gasteiger partial charge on any atom is 0.265 e. The molecule has 22 heavy (non-hydrogen) atoms. The monoisotopic (exact) mass is 335 g/mol. The molecule has 130 valence electrons. The minimum atomic E-state index is -3.95. The molecule has 6 nitrogen and oxygen atoms in total. The number of hydrogen-bond acceptors (Lipinski definition) is 3. The molecule has 0 aliphatic rings. The van der Waals surface area contributed by atoms with Crippen LogP contribution in [0.25, 0.3) is 0 Å². The van der Waals surface area contributed by atoms with Crippen molar-refractivity contribution in [1.29, 1.82) is 0 Å². The maximum atomic E-state index is 11.2. The Kier molecular flexibility index (Phi) is 8.88. The van der Waals surface area contributed by atoms with Crippen molar-refractivity contribution in [2.75, 3.05) is 25.4 Å². The van der Waals surface area contributed by atoms with Crippen LogP contribution in [0.4, 0.5) is 0 Å². The van der Waals surface area contributed by atoms with Crippen LogP contribution in [0.2, 0.25) is 0 Å². The van der Waals surface area contributed by atoms with E-state index in [-0.39, 0.29) is 11.8 Å². The van der Waals surface area contributed by atoms with E-state index in [9.17, 15) is 13.2 Å². The highest BCUT2D eigenvalue weighted by atomic mass is 32.2. The molecule has 1 amide bonds. The van der Waals surface area contributed by atoms with Crippen LogP contribution in [0.15, 0.2) is 11.6 Å². The largest absolute Gasteiger partial charge is 0.366 e. The Morgan fingerprint density at radius 1 is 1.27 bits per heavy atom. The standard InChI is InChI=1S/C15H30N2O4S/c1-5-9-17(10-6-2,11-7-13(3)15(16)18)14(4)8-12-22(19,20)21/h7,14H,5-6,8-12H2,1-4H3,(H2-,16,18,19,20,21)/p+1. The molecule has 0 aliphatic carbocycles. The molecule has 3 N–H and O–H groups in total. The summed E-state index contributed by atoms with van der Waals surface area (Å²) in [7, 11) is -3.95. The predicted molar refractivity (Wildman–Crippen MR) is 88.9 cm³/mol.